The van der Waals surface area contributed by atoms with Crippen LogP contribution in [0.25, 0.3) is 5.69 Å². The lowest BCUT2D eigenvalue weighted by Gasteiger charge is -2.35. The van der Waals surface area contributed by atoms with E-state index < -0.39 is 12.0 Å². The molecule has 1 aliphatic rings. The molecule has 2 atom stereocenters. The third-order valence-electron chi connectivity index (χ3n) is 4.77. The van der Waals surface area contributed by atoms with Crippen molar-refractivity contribution in [1.82, 2.24) is 24.8 Å². The minimum Gasteiger partial charge on any atom is -0.480 e. The number of hydrogen-bond acceptors (Lipinski definition) is 5. The van der Waals surface area contributed by atoms with Crippen molar-refractivity contribution >= 4 is 11.9 Å². The Morgan fingerprint density at radius 2 is 2.00 bits per heavy atom. The van der Waals surface area contributed by atoms with E-state index in [2.05, 4.69) is 10.2 Å². The molecule has 0 saturated carbocycles. The van der Waals surface area contributed by atoms with Crippen molar-refractivity contribution in [3.63, 3.8) is 0 Å². The highest BCUT2D eigenvalue weighted by atomic mass is 16.4. The van der Waals surface area contributed by atoms with Crippen molar-refractivity contribution in [2.45, 2.75) is 25.4 Å². The molecular formula is C18H23N5O3. The molecule has 3 rings (SSSR count). The zero-order valence-corrected chi connectivity index (χ0v) is 14.9. The maximum atomic E-state index is 12.7. The molecule has 1 amide bonds. The Labute approximate surface area is 152 Å². The van der Waals surface area contributed by atoms with E-state index in [9.17, 15) is 14.7 Å². The molecule has 2 heterocycles. The van der Waals surface area contributed by atoms with Gasteiger partial charge in [0.25, 0.3) is 0 Å². The quantitative estimate of drug-likeness (QED) is 0.859. The normalized spacial score (nSPS) is 20.7. The number of nitrogens with zero attached hydrogens (tertiary/aromatic N) is 5. The number of carbonyl (C=O) groups is 2. The number of hydrogen-bond donors (Lipinski definition) is 1. The summed E-state index contributed by atoms with van der Waals surface area (Å²) in [7, 11) is 3.50. The molecule has 138 valence electrons. The van der Waals surface area contributed by atoms with Gasteiger partial charge in [0, 0.05) is 13.6 Å². The fraction of sp³-hybridized carbons (Fsp3) is 0.444. The lowest BCUT2D eigenvalue weighted by Crippen LogP contribution is -2.49. The fourth-order valence-corrected chi connectivity index (χ4v) is 3.34. The van der Waals surface area contributed by atoms with Gasteiger partial charge in [-0.1, -0.05) is 18.2 Å². The molecule has 1 N–H and O–H groups in total. The number of aliphatic carboxylic acids is 1. The van der Waals surface area contributed by atoms with Gasteiger partial charge in [-0.05, 0) is 32.0 Å². The summed E-state index contributed by atoms with van der Waals surface area (Å²) in [5, 5.41) is 17.8. The summed E-state index contributed by atoms with van der Waals surface area (Å²) in [6.07, 6.45) is 2.73. The van der Waals surface area contributed by atoms with Gasteiger partial charge in [-0.3, -0.25) is 14.5 Å². The van der Waals surface area contributed by atoms with Gasteiger partial charge in [-0.2, -0.15) is 15.0 Å². The first-order valence-electron chi connectivity index (χ1n) is 8.60. The van der Waals surface area contributed by atoms with Gasteiger partial charge in [-0.25, -0.2) is 0 Å². The van der Waals surface area contributed by atoms with E-state index in [0.29, 0.717) is 31.6 Å². The molecule has 2 unspecified atom stereocenters. The van der Waals surface area contributed by atoms with Crippen LogP contribution >= 0.6 is 0 Å². The topological polar surface area (TPSA) is 91.6 Å². The van der Waals surface area contributed by atoms with Crippen LogP contribution in [0.15, 0.2) is 36.5 Å². The Kier molecular flexibility index (Phi) is 5.32. The van der Waals surface area contributed by atoms with E-state index >= 15 is 0 Å². The van der Waals surface area contributed by atoms with Gasteiger partial charge in [0.1, 0.15) is 11.7 Å². The number of likely N-dealkylation sites (N-methyl/N-ethyl adjacent to an activating group) is 1. The number of benzene rings is 1. The first-order valence-corrected chi connectivity index (χ1v) is 8.60. The minimum atomic E-state index is -0.829. The summed E-state index contributed by atoms with van der Waals surface area (Å²) in [6.45, 7) is 0.824. The maximum Gasteiger partial charge on any atom is 0.320 e. The fourth-order valence-electron chi connectivity index (χ4n) is 3.34. The Hall–Kier alpha value is -2.74. The molecule has 0 spiro atoms. The third kappa shape index (κ3) is 3.91. The molecule has 0 aliphatic carbocycles. The Morgan fingerprint density at radius 1 is 1.27 bits per heavy atom. The van der Waals surface area contributed by atoms with Crippen LogP contribution in [0.5, 0.6) is 0 Å². The number of carboxylic acid groups (broad SMARTS) is 1. The van der Waals surface area contributed by atoms with Crippen molar-refractivity contribution in [3.8, 4) is 5.69 Å². The predicted molar refractivity (Wildman–Crippen MR) is 94.6 cm³/mol. The van der Waals surface area contributed by atoms with Gasteiger partial charge in [-0.15, -0.1) is 0 Å². The Balaban J connectivity index is 1.60. The third-order valence-corrected chi connectivity index (χ3v) is 4.77. The second-order valence-electron chi connectivity index (χ2n) is 6.72. The summed E-state index contributed by atoms with van der Waals surface area (Å²) >= 11 is 0. The standard InChI is InChI=1S/C18H23N5O3/c1-21-11-13(8-9-16(21)18(25)26)17(24)22(2)12-14-10-19-23(20-14)15-6-4-3-5-7-15/h3-7,10,13,16H,8-9,11-12H2,1-2H3,(H,25,26). The van der Waals surface area contributed by atoms with Crippen molar-refractivity contribution < 1.29 is 14.7 Å². The number of aromatic nitrogens is 3. The average Bonchev–Trinajstić information content (AvgIpc) is 3.10. The number of amides is 1. The number of piperidine rings is 1. The molecule has 8 heteroatoms. The largest absolute Gasteiger partial charge is 0.480 e. The first-order chi connectivity index (χ1) is 12.5. The van der Waals surface area contributed by atoms with E-state index in [1.54, 1.807) is 34.9 Å². The molecule has 2 aromatic rings. The molecule has 1 saturated heterocycles. The summed E-state index contributed by atoms with van der Waals surface area (Å²) in [6, 6.07) is 9.08. The summed E-state index contributed by atoms with van der Waals surface area (Å²) in [5.41, 5.74) is 1.57. The van der Waals surface area contributed by atoms with E-state index in [1.165, 1.54) is 0 Å². The minimum absolute atomic E-state index is 0.00921. The highest BCUT2D eigenvalue weighted by Crippen LogP contribution is 2.23. The zero-order chi connectivity index (χ0) is 18.7. The molecular weight excluding hydrogens is 334 g/mol. The number of rotatable bonds is 5. The van der Waals surface area contributed by atoms with Crippen LogP contribution < -0.4 is 0 Å². The average molecular weight is 357 g/mol. The molecule has 1 fully saturated rings. The summed E-state index contributed by atoms with van der Waals surface area (Å²) in [4.78, 5) is 28.8. The lowest BCUT2D eigenvalue weighted by atomic mass is 9.92. The van der Waals surface area contributed by atoms with E-state index in [0.717, 1.165) is 5.69 Å². The maximum absolute atomic E-state index is 12.7. The highest BCUT2D eigenvalue weighted by Gasteiger charge is 2.34. The van der Waals surface area contributed by atoms with E-state index in [-0.39, 0.29) is 11.8 Å². The van der Waals surface area contributed by atoms with Gasteiger partial charge >= 0.3 is 5.97 Å². The Bertz CT molecular complexity index is 776. The van der Waals surface area contributed by atoms with Crippen LogP contribution in [-0.2, 0) is 16.1 Å². The molecule has 8 nitrogen and oxygen atoms in total. The molecule has 0 bridgehead atoms. The van der Waals surface area contributed by atoms with Gasteiger partial charge in [0.15, 0.2) is 0 Å². The predicted octanol–water partition coefficient (Wildman–Crippen LogP) is 1.02. The number of likely N-dealkylation sites (tertiary alicyclic amines) is 1. The van der Waals surface area contributed by atoms with Crippen molar-refractivity contribution in [2.75, 3.05) is 20.6 Å². The summed E-state index contributed by atoms with van der Waals surface area (Å²) < 4.78 is 0. The SMILES string of the molecule is CN(Cc1cnn(-c2ccccc2)n1)C(=O)C1CCC(C(=O)O)N(C)C1. The van der Waals surface area contributed by atoms with Crippen LogP contribution in [-0.4, -0.2) is 68.5 Å². The smallest absolute Gasteiger partial charge is 0.320 e. The van der Waals surface area contributed by atoms with Gasteiger partial charge < -0.3 is 10.0 Å². The zero-order valence-electron chi connectivity index (χ0n) is 14.9. The van der Waals surface area contributed by atoms with E-state index in [1.807, 2.05) is 30.3 Å². The molecule has 1 aromatic heterocycles. The van der Waals surface area contributed by atoms with Gasteiger partial charge in [0.05, 0.1) is 24.3 Å². The molecule has 0 radical (unpaired) electrons. The van der Waals surface area contributed by atoms with E-state index in [4.69, 9.17) is 0 Å². The van der Waals surface area contributed by atoms with Crippen LogP contribution in [0.3, 0.4) is 0 Å². The van der Waals surface area contributed by atoms with Crippen molar-refractivity contribution in [2.24, 2.45) is 5.92 Å². The van der Waals surface area contributed by atoms with Crippen molar-refractivity contribution in [3.05, 3.63) is 42.2 Å². The molecule has 26 heavy (non-hydrogen) atoms. The number of para-hydroxylation sites is 1. The highest BCUT2D eigenvalue weighted by molar-refractivity contribution is 5.80. The number of carboxylic acids is 1. The molecule has 1 aromatic carbocycles. The van der Waals surface area contributed by atoms with Gasteiger partial charge in [0.2, 0.25) is 5.91 Å². The van der Waals surface area contributed by atoms with Crippen molar-refractivity contribution in [1.29, 1.82) is 0 Å². The van der Waals surface area contributed by atoms with Crippen LogP contribution in [0.4, 0.5) is 0 Å². The van der Waals surface area contributed by atoms with Crippen LogP contribution in [0.2, 0.25) is 0 Å². The molecule has 1 aliphatic heterocycles. The van der Waals surface area contributed by atoms with Crippen LogP contribution in [0.1, 0.15) is 18.5 Å². The summed E-state index contributed by atoms with van der Waals surface area (Å²) in [5.74, 6) is -1.01. The Morgan fingerprint density at radius 3 is 2.65 bits per heavy atom. The second-order valence-corrected chi connectivity index (χ2v) is 6.72. The van der Waals surface area contributed by atoms with Crippen LogP contribution in [0, 0.1) is 5.92 Å². The first kappa shape index (κ1) is 18.1. The second kappa shape index (κ2) is 7.65. The lowest BCUT2D eigenvalue weighted by molar-refractivity contribution is -0.147. The monoisotopic (exact) mass is 357 g/mol. The number of carbonyl (C=O) groups excluding carboxylic acids is 1.